The molecule has 2 aliphatic heterocycles. The number of carbonyl (C=O) groups is 1. The summed E-state index contributed by atoms with van der Waals surface area (Å²) in [7, 11) is 0. The molecule has 5 rings (SSSR count). The number of pyridine rings is 1. The number of carbonyl (C=O) groups excluding carboxylic acids is 1. The summed E-state index contributed by atoms with van der Waals surface area (Å²) < 4.78 is 0. The minimum Gasteiger partial charge on any atom is -0.395 e. The number of piperidine rings is 1. The van der Waals surface area contributed by atoms with Crippen LogP contribution in [0, 0.1) is 5.92 Å². The second kappa shape index (κ2) is 12.2. The Morgan fingerprint density at radius 2 is 1.82 bits per heavy atom. The molecule has 2 aliphatic rings. The van der Waals surface area contributed by atoms with Crippen LogP contribution in [0.3, 0.4) is 0 Å². The van der Waals surface area contributed by atoms with Crippen molar-refractivity contribution in [3.63, 3.8) is 0 Å². The highest BCUT2D eigenvalue weighted by Gasteiger charge is 2.22. The zero-order valence-electron chi connectivity index (χ0n) is 21.5. The first-order chi connectivity index (χ1) is 18.6. The molecule has 0 radical (unpaired) electrons. The third kappa shape index (κ3) is 6.18. The Bertz CT molecular complexity index is 1280. The van der Waals surface area contributed by atoms with Gasteiger partial charge in [0.05, 0.1) is 24.7 Å². The summed E-state index contributed by atoms with van der Waals surface area (Å²) in [6.07, 6.45) is 10.2. The van der Waals surface area contributed by atoms with Gasteiger partial charge in [-0.1, -0.05) is 12.8 Å². The first kappa shape index (κ1) is 25.8. The Kier molecular flexibility index (Phi) is 8.27. The molecule has 202 valence electrons. The number of hydrogen-bond acceptors (Lipinski definition) is 10. The van der Waals surface area contributed by atoms with Gasteiger partial charge in [-0.25, -0.2) is 15.1 Å². The molecule has 12 heteroatoms. The number of aromatic nitrogens is 5. The molecule has 2 fully saturated rings. The van der Waals surface area contributed by atoms with Crippen molar-refractivity contribution in [2.75, 3.05) is 54.4 Å². The SMILES string of the molecule is O=C(CC1CCN(c2ccc(Nc3nc(N4CCCCCC4)nc4cn[nH]c(=O)c34)cn2)CC1)NCCO. The second-order valence-electron chi connectivity index (χ2n) is 9.97. The highest BCUT2D eigenvalue weighted by Crippen LogP contribution is 2.27. The maximum Gasteiger partial charge on any atom is 0.277 e. The molecule has 2 saturated heterocycles. The van der Waals surface area contributed by atoms with Crippen LogP contribution in [0.25, 0.3) is 10.9 Å². The summed E-state index contributed by atoms with van der Waals surface area (Å²) in [5.74, 6) is 2.25. The lowest BCUT2D eigenvalue weighted by Crippen LogP contribution is -2.36. The normalized spacial score (nSPS) is 16.9. The molecule has 0 aromatic carbocycles. The van der Waals surface area contributed by atoms with E-state index >= 15 is 0 Å². The van der Waals surface area contributed by atoms with E-state index in [1.54, 1.807) is 12.4 Å². The third-order valence-corrected chi connectivity index (χ3v) is 7.25. The van der Waals surface area contributed by atoms with Crippen LogP contribution < -0.4 is 26.0 Å². The lowest BCUT2D eigenvalue weighted by Gasteiger charge is -2.32. The number of rotatable bonds is 8. The monoisotopic (exact) mass is 521 g/mol. The Balaban J connectivity index is 1.28. The first-order valence-electron chi connectivity index (χ1n) is 13.5. The maximum atomic E-state index is 12.6. The predicted octanol–water partition coefficient (Wildman–Crippen LogP) is 1.95. The van der Waals surface area contributed by atoms with Crippen LogP contribution in [0.1, 0.15) is 44.9 Å². The van der Waals surface area contributed by atoms with E-state index in [0.717, 1.165) is 63.4 Å². The van der Waals surface area contributed by atoms with E-state index in [4.69, 9.17) is 10.1 Å². The minimum atomic E-state index is -0.343. The Labute approximate surface area is 220 Å². The van der Waals surface area contributed by atoms with Crippen LogP contribution in [-0.2, 0) is 4.79 Å². The highest BCUT2D eigenvalue weighted by molar-refractivity contribution is 5.90. The first-order valence-corrected chi connectivity index (χ1v) is 13.5. The molecule has 38 heavy (non-hydrogen) atoms. The molecule has 0 aliphatic carbocycles. The van der Waals surface area contributed by atoms with Crippen LogP contribution in [-0.4, -0.2) is 75.5 Å². The van der Waals surface area contributed by atoms with E-state index in [0.29, 0.717) is 41.6 Å². The number of H-pyrrole nitrogens is 1. The fourth-order valence-corrected chi connectivity index (χ4v) is 5.17. The molecule has 0 spiro atoms. The summed E-state index contributed by atoms with van der Waals surface area (Å²) in [4.78, 5) is 43.0. The van der Waals surface area contributed by atoms with Gasteiger partial charge in [0.25, 0.3) is 5.56 Å². The third-order valence-electron chi connectivity index (χ3n) is 7.25. The molecule has 12 nitrogen and oxygen atoms in total. The zero-order valence-corrected chi connectivity index (χ0v) is 21.5. The van der Waals surface area contributed by atoms with E-state index in [2.05, 4.69) is 40.6 Å². The summed E-state index contributed by atoms with van der Waals surface area (Å²) in [5.41, 5.74) is 0.884. The van der Waals surface area contributed by atoms with Gasteiger partial charge in [0.1, 0.15) is 22.5 Å². The predicted molar refractivity (Wildman–Crippen MR) is 146 cm³/mol. The molecule has 0 saturated carbocycles. The van der Waals surface area contributed by atoms with E-state index in [-0.39, 0.29) is 18.1 Å². The van der Waals surface area contributed by atoms with Crippen LogP contribution >= 0.6 is 0 Å². The molecule has 1 amide bonds. The summed E-state index contributed by atoms with van der Waals surface area (Å²) >= 11 is 0. The van der Waals surface area contributed by atoms with E-state index in [1.807, 2.05) is 12.1 Å². The van der Waals surface area contributed by atoms with Gasteiger partial charge in [-0.05, 0) is 43.7 Å². The molecule has 0 bridgehead atoms. The molecule has 0 atom stereocenters. The zero-order chi connectivity index (χ0) is 26.3. The lowest BCUT2D eigenvalue weighted by molar-refractivity contribution is -0.122. The van der Waals surface area contributed by atoms with Gasteiger partial charge in [0.2, 0.25) is 11.9 Å². The van der Waals surface area contributed by atoms with Crippen LogP contribution in [0.2, 0.25) is 0 Å². The van der Waals surface area contributed by atoms with Crippen molar-refractivity contribution in [3.05, 3.63) is 34.9 Å². The van der Waals surface area contributed by atoms with E-state index in [9.17, 15) is 9.59 Å². The quantitative estimate of drug-likeness (QED) is 0.346. The van der Waals surface area contributed by atoms with Crippen molar-refractivity contribution in [3.8, 4) is 0 Å². The van der Waals surface area contributed by atoms with Gasteiger partial charge in [0, 0.05) is 39.1 Å². The van der Waals surface area contributed by atoms with Gasteiger partial charge < -0.3 is 25.5 Å². The van der Waals surface area contributed by atoms with Crippen molar-refractivity contribution in [1.82, 2.24) is 30.5 Å². The minimum absolute atomic E-state index is 0.00286. The van der Waals surface area contributed by atoms with Crippen molar-refractivity contribution in [1.29, 1.82) is 0 Å². The number of nitrogens with zero attached hydrogens (tertiary/aromatic N) is 6. The maximum absolute atomic E-state index is 12.6. The number of fused-ring (bicyclic) bond motifs is 1. The number of amides is 1. The van der Waals surface area contributed by atoms with Crippen LogP contribution in [0.5, 0.6) is 0 Å². The fourth-order valence-electron chi connectivity index (χ4n) is 5.17. The Morgan fingerprint density at radius 3 is 2.53 bits per heavy atom. The second-order valence-corrected chi connectivity index (χ2v) is 9.97. The Hall–Kier alpha value is -3.80. The van der Waals surface area contributed by atoms with Gasteiger partial charge in [-0.3, -0.25) is 9.59 Å². The number of hydrogen-bond donors (Lipinski definition) is 4. The molecule has 4 N–H and O–H groups in total. The fraction of sp³-hybridized carbons (Fsp3) is 0.538. The summed E-state index contributed by atoms with van der Waals surface area (Å²) in [6, 6.07) is 3.90. The number of aliphatic hydroxyl groups is 1. The van der Waals surface area contributed by atoms with E-state index in [1.165, 1.54) is 12.8 Å². The van der Waals surface area contributed by atoms with Crippen LogP contribution in [0.4, 0.5) is 23.3 Å². The van der Waals surface area contributed by atoms with Gasteiger partial charge in [-0.15, -0.1) is 0 Å². The van der Waals surface area contributed by atoms with Crippen molar-refractivity contribution in [2.45, 2.75) is 44.9 Å². The van der Waals surface area contributed by atoms with Crippen molar-refractivity contribution >= 4 is 40.1 Å². The summed E-state index contributed by atoms with van der Waals surface area (Å²) in [6.45, 7) is 3.70. The van der Waals surface area contributed by atoms with Crippen molar-refractivity contribution in [2.24, 2.45) is 5.92 Å². The molecule has 3 aromatic rings. The number of anilines is 4. The van der Waals surface area contributed by atoms with Gasteiger partial charge >= 0.3 is 0 Å². The standard InChI is InChI=1S/C26H35N9O3/c36-14-9-27-22(37)15-18-7-12-34(13-8-18)21-6-5-19(16-28-21)30-24-23-20(17-29-33-25(23)38)31-26(32-24)35-10-3-1-2-4-11-35/h5-6,16-18,36H,1-4,7-15H2,(H,27,37)(H,33,38)(H,30,31,32). The molecular weight excluding hydrogens is 486 g/mol. The van der Waals surface area contributed by atoms with Gasteiger partial charge in [0.15, 0.2) is 0 Å². The number of aromatic amines is 1. The van der Waals surface area contributed by atoms with E-state index < -0.39 is 0 Å². The summed E-state index contributed by atoms with van der Waals surface area (Å²) in [5, 5.41) is 21.7. The molecule has 3 aromatic heterocycles. The van der Waals surface area contributed by atoms with Gasteiger partial charge in [-0.2, -0.15) is 10.1 Å². The molecule has 0 unspecified atom stereocenters. The lowest BCUT2D eigenvalue weighted by atomic mass is 9.93. The average molecular weight is 522 g/mol. The highest BCUT2D eigenvalue weighted by atomic mass is 16.3. The topological polar surface area (TPSA) is 152 Å². The smallest absolute Gasteiger partial charge is 0.277 e. The largest absolute Gasteiger partial charge is 0.395 e. The number of aliphatic hydroxyl groups excluding tert-OH is 1. The van der Waals surface area contributed by atoms with Crippen molar-refractivity contribution < 1.29 is 9.90 Å². The molecular formula is C26H35N9O3. The van der Waals surface area contributed by atoms with Crippen LogP contribution in [0.15, 0.2) is 29.3 Å². The number of nitrogens with one attached hydrogen (secondary N) is 3. The average Bonchev–Trinajstić information content (AvgIpc) is 3.23. The Morgan fingerprint density at radius 1 is 1.03 bits per heavy atom. The molecule has 5 heterocycles.